The van der Waals surface area contributed by atoms with Gasteiger partial charge in [-0.25, -0.2) is 9.97 Å². The second kappa shape index (κ2) is 2.71. The summed E-state index contributed by atoms with van der Waals surface area (Å²) in [6.45, 7) is 5.66. The molecule has 1 aromatic rings. The molecule has 0 saturated carbocycles. The van der Waals surface area contributed by atoms with Crippen LogP contribution < -0.4 is 0 Å². The van der Waals surface area contributed by atoms with E-state index in [1.807, 2.05) is 20.8 Å². The van der Waals surface area contributed by atoms with Crippen LogP contribution in [0.15, 0.2) is 0 Å². The molecule has 0 amide bonds. The van der Waals surface area contributed by atoms with Crippen molar-refractivity contribution in [1.82, 2.24) is 9.97 Å². The molecule has 0 fully saturated rings. The Bertz CT molecular complexity index is 298. The topological polar surface area (TPSA) is 25.8 Å². The predicted molar refractivity (Wildman–Crippen MR) is 44.2 cm³/mol. The number of hydrogen-bond acceptors (Lipinski definition) is 2. The Balaban J connectivity index is 3.40. The zero-order chi connectivity index (χ0) is 8.43. The van der Waals surface area contributed by atoms with Gasteiger partial charge in [0.25, 0.3) is 0 Å². The Morgan fingerprint density at radius 2 is 1.55 bits per heavy atom. The highest BCUT2D eigenvalue weighted by atomic mass is 14.9. The quantitative estimate of drug-likeness (QED) is 0.517. The molecule has 0 aliphatic heterocycles. The fourth-order valence-electron chi connectivity index (χ4n) is 1.09. The van der Waals surface area contributed by atoms with Gasteiger partial charge in [-0.1, -0.05) is 5.92 Å². The summed E-state index contributed by atoms with van der Waals surface area (Å²) in [5, 5.41) is 0. The highest BCUT2D eigenvalue weighted by Crippen LogP contribution is 2.07. The number of terminal acetylenes is 1. The van der Waals surface area contributed by atoms with Crippen molar-refractivity contribution in [1.29, 1.82) is 0 Å². The molecule has 0 unspecified atom stereocenters. The lowest BCUT2D eigenvalue weighted by molar-refractivity contribution is 0.967. The molecule has 2 nitrogen and oxygen atoms in total. The van der Waals surface area contributed by atoms with E-state index in [-0.39, 0.29) is 0 Å². The van der Waals surface area contributed by atoms with Gasteiger partial charge in [-0.05, 0) is 20.8 Å². The largest absolute Gasteiger partial charge is 0.237 e. The Labute approximate surface area is 66.7 Å². The molecular formula is C9H10N2. The molecule has 0 atom stereocenters. The van der Waals surface area contributed by atoms with Gasteiger partial charge in [0.15, 0.2) is 0 Å². The number of aromatic nitrogens is 2. The first kappa shape index (κ1) is 7.74. The van der Waals surface area contributed by atoms with Crippen molar-refractivity contribution in [2.75, 3.05) is 0 Å². The minimum atomic E-state index is 0.777. The van der Waals surface area contributed by atoms with Gasteiger partial charge in [-0.3, -0.25) is 0 Å². The van der Waals surface area contributed by atoms with Crippen LogP contribution >= 0.6 is 0 Å². The maximum Gasteiger partial charge on any atom is 0.125 e. The Hall–Kier alpha value is -1.36. The first-order valence-corrected chi connectivity index (χ1v) is 3.43. The van der Waals surface area contributed by atoms with E-state index in [0.717, 1.165) is 22.8 Å². The molecule has 0 N–H and O–H groups in total. The average molecular weight is 146 g/mol. The smallest absolute Gasteiger partial charge is 0.125 e. The summed E-state index contributed by atoms with van der Waals surface area (Å²) < 4.78 is 0. The summed E-state index contributed by atoms with van der Waals surface area (Å²) in [6.07, 6.45) is 5.27. The zero-order valence-electron chi connectivity index (χ0n) is 6.97. The Morgan fingerprint density at radius 1 is 1.09 bits per heavy atom. The van der Waals surface area contributed by atoms with Gasteiger partial charge in [0, 0.05) is 0 Å². The molecule has 0 aromatic carbocycles. The van der Waals surface area contributed by atoms with Gasteiger partial charge in [0.1, 0.15) is 5.82 Å². The molecule has 1 aromatic heterocycles. The molecule has 0 bridgehead atoms. The predicted octanol–water partition coefficient (Wildman–Crippen LogP) is 1.38. The van der Waals surface area contributed by atoms with E-state index in [9.17, 15) is 0 Å². The standard InChI is InChI=1S/C9H10N2/c1-5-9-6(2)10-8(4)11-7(9)3/h1H,2-4H3. The maximum absolute atomic E-state index is 5.27. The normalized spacial score (nSPS) is 9.27. The molecule has 2 heteroatoms. The molecule has 0 aliphatic rings. The Morgan fingerprint density at radius 3 is 1.91 bits per heavy atom. The van der Waals surface area contributed by atoms with Crippen LogP contribution in [0.3, 0.4) is 0 Å². The van der Waals surface area contributed by atoms with Gasteiger partial charge in [-0.15, -0.1) is 6.42 Å². The van der Waals surface area contributed by atoms with Crippen LogP contribution in [0.25, 0.3) is 0 Å². The number of nitrogens with zero attached hydrogens (tertiary/aromatic N) is 2. The number of hydrogen-bond donors (Lipinski definition) is 0. The summed E-state index contributed by atoms with van der Waals surface area (Å²) >= 11 is 0. The van der Waals surface area contributed by atoms with Gasteiger partial charge in [-0.2, -0.15) is 0 Å². The van der Waals surface area contributed by atoms with Crippen LogP contribution in [0.1, 0.15) is 22.8 Å². The van der Waals surface area contributed by atoms with E-state index in [4.69, 9.17) is 6.42 Å². The molecule has 1 heterocycles. The van der Waals surface area contributed by atoms with Crippen LogP contribution in [0, 0.1) is 33.1 Å². The fourth-order valence-corrected chi connectivity index (χ4v) is 1.09. The fraction of sp³-hybridized carbons (Fsp3) is 0.333. The molecule has 0 aliphatic carbocycles. The van der Waals surface area contributed by atoms with Gasteiger partial charge in [0.2, 0.25) is 0 Å². The van der Waals surface area contributed by atoms with Crippen molar-refractivity contribution in [3.8, 4) is 12.3 Å². The third kappa shape index (κ3) is 1.38. The lowest BCUT2D eigenvalue weighted by atomic mass is 10.2. The minimum absolute atomic E-state index is 0.777. The lowest BCUT2D eigenvalue weighted by Gasteiger charge is -2.01. The molecule has 0 saturated heterocycles. The van der Waals surface area contributed by atoms with E-state index in [0.29, 0.717) is 0 Å². The minimum Gasteiger partial charge on any atom is -0.237 e. The van der Waals surface area contributed by atoms with Crippen molar-refractivity contribution in [3.63, 3.8) is 0 Å². The van der Waals surface area contributed by atoms with Crippen molar-refractivity contribution < 1.29 is 0 Å². The monoisotopic (exact) mass is 146 g/mol. The lowest BCUT2D eigenvalue weighted by Crippen LogP contribution is -1.98. The molecule has 11 heavy (non-hydrogen) atoms. The van der Waals surface area contributed by atoms with E-state index in [2.05, 4.69) is 15.9 Å². The maximum atomic E-state index is 5.27. The average Bonchev–Trinajstić information content (AvgIpc) is 1.85. The van der Waals surface area contributed by atoms with Crippen molar-refractivity contribution in [2.45, 2.75) is 20.8 Å². The SMILES string of the molecule is C#Cc1c(C)nc(C)nc1C. The summed E-state index contributed by atoms with van der Waals surface area (Å²) in [5.41, 5.74) is 2.59. The summed E-state index contributed by atoms with van der Waals surface area (Å²) in [7, 11) is 0. The second-order valence-corrected chi connectivity index (χ2v) is 2.46. The van der Waals surface area contributed by atoms with Crippen LogP contribution in [-0.4, -0.2) is 9.97 Å². The van der Waals surface area contributed by atoms with Crippen LogP contribution in [0.2, 0.25) is 0 Å². The second-order valence-electron chi connectivity index (χ2n) is 2.46. The van der Waals surface area contributed by atoms with E-state index in [1.165, 1.54) is 0 Å². The first-order chi connectivity index (χ1) is 5.15. The van der Waals surface area contributed by atoms with Gasteiger partial charge >= 0.3 is 0 Å². The van der Waals surface area contributed by atoms with Crippen molar-refractivity contribution >= 4 is 0 Å². The first-order valence-electron chi connectivity index (χ1n) is 3.43. The van der Waals surface area contributed by atoms with E-state index >= 15 is 0 Å². The highest BCUT2D eigenvalue weighted by molar-refractivity contribution is 5.38. The van der Waals surface area contributed by atoms with Crippen LogP contribution in [-0.2, 0) is 0 Å². The molecular weight excluding hydrogens is 136 g/mol. The number of rotatable bonds is 0. The van der Waals surface area contributed by atoms with E-state index < -0.39 is 0 Å². The van der Waals surface area contributed by atoms with Gasteiger partial charge < -0.3 is 0 Å². The van der Waals surface area contributed by atoms with Crippen molar-refractivity contribution in [2.24, 2.45) is 0 Å². The summed E-state index contributed by atoms with van der Waals surface area (Å²) in [4.78, 5) is 8.30. The van der Waals surface area contributed by atoms with Gasteiger partial charge in [0.05, 0.1) is 17.0 Å². The zero-order valence-corrected chi connectivity index (χ0v) is 6.97. The van der Waals surface area contributed by atoms with Crippen LogP contribution in [0.4, 0.5) is 0 Å². The molecule has 0 radical (unpaired) electrons. The third-order valence-corrected chi connectivity index (χ3v) is 1.53. The molecule has 1 rings (SSSR count). The van der Waals surface area contributed by atoms with Crippen LogP contribution in [0.5, 0.6) is 0 Å². The van der Waals surface area contributed by atoms with Crippen molar-refractivity contribution in [3.05, 3.63) is 22.8 Å². The third-order valence-electron chi connectivity index (χ3n) is 1.53. The summed E-state index contributed by atoms with van der Waals surface area (Å²) in [6, 6.07) is 0. The summed E-state index contributed by atoms with van der Waals surface area (Å²) in [5.74, 6) is 3.34. The highest BCUT2D eigenvalue weighted by Gasteiger charge is 2.01. The molecule has 56 valence electrons. The number of aryl methyl sites for hydroxylation is 3. The molecule has 0 spiro atoms. The Kier molecular flexibility index (Phi) is 1.91. The van der Waals surface area contributed by atoms with E-state index in [1.54, 1.807) is 0 Å².